The number of nitrogens with zero attached hydrogens (tertiary/aromatic N) is 3. The Hall–Kier alpha value is -2.74. The Morgan fingerprint density at radius 1 is 1.13 bits per heavy atom. The number of hydrogen-bond acceptors (Lipinski definition) is 4. The monoisotopic (exact) mass is 429 g/mol. The summed E-state index contributed by atoms with van der Waals surface area (Å²) in [7, 11) is 0. The fourth-order valence-corrected chi connectivity index (χ4v) is 4.78. The van der Waals surface area contributed by atoms with Crippen LogP contribution in [0.4, 0.5) is 4.39 Å². The van der Waals surface area contributed by atoms with Crippen molar-refractivity contribution in [2.75, 3.05) is 6.54 Å². The van der Waals surface area contributed by atoms with Crippen LogP contribution in [0.5, 0.6) is 0 Å². The van der Waals surface area contributed by atoms with E-state index in [1.54, 1.807) is 12.1 Å². The molecule has 0 saturated heterocycles. The van der Waals surface area contributed by atoms with Gasteiger partial charge in [-0.1, -0.05) is 12.1 Å². The van der Waals surface area contributed by atoms with E-state index in [9.17, 15) is 19.1 Å². The maximum Gasteiger partial charge on any atom is 0.306 e. The van der Waals surface area contributed by atoms with E-state index < -0.39 is 5.97 Å². The molecular weight excluding hydrogens is 401 g/mol. The number of amides is 1. The Kier molecular flexibility index (Phi) is 6.36. The summed E-state index contributed by atoms with van der Waals surface area (Å²) in [6.07, 6.45) is 3.92. The number of fused-ring (bicyclic) bond motifs is 1. The quantitative estimate of drug-likeness (QED) is 0.736. The molecule has 166 valence electrons. The lowest BCUT2D eigenvalue weighted by atomic mass is 9.80. The molecule has 4 rings (SSSR count). The van der Waals surface area contributed by atoms with Gasteiger partial charge in [0, 0.05) is 18.5 Å². The van der Waals surface area contributed by atoms with E-state index in [1.165, 1.54) is 12.1 Å². The fourth-order valence-electron chi connectivity index (χ4n) is 4.78. The summed E-state index contributed by atoms with van der Waals surface area (Å²) in [5.41, 5.74) is 3.45. The minimum atomic E-state index is -0.734. The Bertz CT molecular complexity index is 948. The predicted molar refractivity (Wildman–Crippen MR) is 110 cm³/mol. The zero-order valence-corrected chi connectivity index (χ0v) is 17.5. The Balaban J connectivity index is 1.43. The number of benzene rings is 1. The van der Waals surface area contributed by atoms with Crippen molar-refractivity contribution < 1.29 is 24.2 Å². The lowest BCUT2D eigenvalue weighted by Crippen LogP contribution is -2.38. The number of carboxylic acid groups (broad SMARTS) is 1. The van der Waals surface area contributed by atoms with Gasteiger partial charge in [-0.05, 0) is 55.7 Å². The second-order valence-corrected chi connectivity index (χ2v) is 8.64. The molecule has 1 aromatic carbocycles. The van der Waals surface area contributed by atoms with Crippen molar-refractivity contribution in [1.82, 2.24) is 14.7 Å². The molecule has 2 N–H and O–H groups in total. The van der Waals surface area contributed by atoms with Gasteiger partial charge in [0.25, 0.3) is 0 Å². The van der Waals surface area contributed by atoms with Gasteiger partial charge < -0.3 is 15.1 Å². The molecule has 0 bridgehead atoms. The van der Waals surface area contributed by atoms with Crippen LogP contribution in [0.1, 0.15) is 54.6 Å². The minimum absolute atomic E-state index is 0.0875. The van der Waals surface area contributed by atoms with Crippen molar-refractivity contribution in [3.63, 3.8) is 0 Å². The molecule has 1 aliphatic heterocycles. The van der Waals surface area contributed by atoms with Crippen molar-refractivity contribution in [2.45, 2.75) is 58.2 Å². The Morgan fingerprint density at radius 3 is 2.48 bits per heavy atom. The Morgan fingerprint density at radius 2 is 1.84 bits per heavy atom. The highest BCUT2D eigenvalue weighted by molar-refractivity contribution is 5.77. The normalized spacial score (nSPS) is 21.0. The third-order valence-electron chi connectivity index (χ3n) is 6.63. The SMILES string of the molecule is O=C(C[C@H]1CC[C@H](C(=O)O)CC1)N1CCc2c(CO)nn(Cc3ccc(F)cc3)c2C1. The molecule has 1 saturated carbocycles. The topological polar surface area (TPSA) is 95.7 Å². The van der Waals surface area contributed by atoms with Gasteiger partial charge in [-0.15, -0.1) is 0 Å². The summed E-state index contributed by atoms with van der Waals surface area (Å²) in [5.74, 6) is -0.980. The van der Waals surface area contributed by atoms with Crippen LogP contribution in [-0.4, -0.2) is 43.3 Å². The summed E-state index contributed by atoms with van der Waals surface area (Å²) in [6, 6.07) is 6.24. The summed E-state index contributed by atoms with van der Waals surface area (Å²) >= 11 is 0. The molecule has 2 aliphatic rings. The number of aromatic nitrogens is 2. The first-order valence-corrected chi connectivity index (χ1v) is 10.9. The average Bonchev–Trinajstić information content (AvgIpc) is 3.12. The lowest BCUT2D eigenvalue weighted by Gasteiger charge is -2.31. The van der Waals surface area contributed by atoms with Crippen molar-refractivity contribution >= 4 is 11.9 Å². The summed E-state index contributed by atoms with van der Waals surface area (Å²) in [4.78, 5) is 25.9. The van der Waals surface area contributed by atoms with Gasteiger partial charge in [-0.25, -0.2) is 4.39 Å². The molecule has 2 aromatic rings. The number of halogens is 1. The van der Waals surface area contributed by atoms with E-state index in [0.29, 0.717) is 51.0 Å². The summed E-state index contributed by atoms with van der Waals surface area (Å²) in [6.45, 7) is 1.32. The average molecular weight is 429 g/mol. The van der Waals surface area contributed by atoms with Crippen LogP contribution in [0.15, 0.2) is 24.3 Å². The zero-order valence-electron chi connectivity index (χ0n) is 17.5. The third kappa shape index (κ3) is 4.79. The van der Waals surface area contributed by atoms with Crippen LogP contribution < -0.4 is 0 Å². The van der Waals surface area contributed by atoms with E-state index in [0.717, 1.165) is 29.7 Å². The lowest BCUT2D eigenvalue weighted by molar-refractivity contribution is -0.143. The number of aliphatic carboxylic acids is 1. The highest BCUT2D eigenvalue weighted by Crippen LogP contribution is 2.32. The summed E-state index contributed by atoms with van der Waals surface area (Å²) in [5, 5.41) is 23.4. The largest absolute Gasteiger partial charge is 0.481 e. The van der Waals surface area contributed by atoms with Gasteiger partial charge in [-0.3, -0.25) is 14.3 Å². The second kappa shape index (κ2) is 9.18. The molecule has 31 heavy (non-hydrogen) atoms. The molecule has 2 heterocycles. The maximum absolute atomic E-state index is 13.2. The van der Waals surface area contributed by atoms with Crippen LogP contribution >= 0.6 is 0 Å². The number of carboxylic acids is 1. The van der Waals surface area contributed by atoms with Crippen LogP contribution in [0, 0.1) is 17.7 Å². The standard InChI is InChI=1S/C23H28FN3O4/c24-18-7-3-16(4-8-18)12-27-21-13-26(10-9-19(21)20(14-28)25-27)22(29)11-15-1-5-17(6-2-15)23(30)31/h3-4,7-8,15,17,28H,1-2,5-6,9-14H2,(H,30,31)/t15-,17-. The number of carbonyl (C=O) groups excluding carboxylic acids is 1. The number of aliphatic hydroxyl groups is 1. The first-order valence-electron chi connectivity index (χ1n) is 10.9. The van der Waals surface area contributed by atoms with Gasteiger partial charge in [0.1, 0.15) is 5.82 Å². The van der Waals surface area contributed by atoms with Crippen LogP contribution in [0.3, 0.4) is 0 Å². The number of hydrogen-bond donors (Lipinski definition) is 2. The van der Waals surface area contributed by atoms with Gasteiger partial charge >= 0.3 is 5.97 Å². The maximum atomic E-state index is 13.2. The van der Waals surface area contributed by atoms with Gasteiger partial charge in [-0.2, -0.15) is 5.10 Å². The van der Waals surface area contributed by atoms with Crippen LogP contribution in [0.25, 0.3) is 0 Å². The van der Waals surface area contributed by atoms with E-state index in [2.05, 4.69) is 5.10 Å². The molecule has 7 nitrogen and oxygen atoms in total. The molecule has 0 spiro atoms. The number of rotatable bonds is 6. The zero-order chi connectivity index (χ0) is 22.0. The molecule has 0 radical (unpaired) electrons. The van der Waals surface area contributed by atoms with Crippen molar-refractivity contribution in [3.05, 3.63) is 52.6 Å². The van der Waals surface area contributed by atoms with Crippen LogP contribution in [-0.2, 0) is 35.7 Å². The molecule has 0 unspecified atom stereocenters. The molecule has 1 amide bonds. The Labute approximate surface area is 180 Å². The van der Waals surface area contributed by atoms with Gasteiger partial charge in [0.15, 0.2) is 0 Å². The molecule has 1 aliphatic carbocycles. The highest BCUT2D eigenvalue weighted by Gasteiger charge is 2.31. The molecule has 0 atom stereocenters. The van der Waals surface area contributed by atoms with E-state index >= 15 is 0 Å². The molecule has 1 fully saturated rings. The second-order valence-electron chi connectivity index (χ2n) is 8.64. The first kappa shape index (κ1) is 21.5. The van der Waals surface area contributed by atoms with Gasteiger partial charge in [0.2, 0.25) is 5.91 Å². The molecule has 8 heteroatoms. The van der Waals surface area contributed by atoms with Gasteiger partial charge in [0.05, 0.1) is 37.0 Å². The van der Waals surface area contributed by atoms with Crippen molar-refractivity contribution in [2.24, 2.45) is 11.8 Å². The van der Waals surface area contributed by atoms with Crippen molar-refractivity contribution in [3.8, 4) is 0 Å². The minimum Gasteiger partial charge on any atom is -0.481 e. The van der Waals surface area contributed by atoms with Crippen molar-refractivity contribution in [1.29, 1.82) is 0 Å². The predicted octanol–water partition coefficient (Wildman–Crippen LogP) is 2.73. The van der Waals surface area contributed by atoms with E-state index in [1.807, 2.05) is 9.58 Å². The molecular formula is C23H28FN3O4. The highest BCUT2D eigenvalue weighted by atomic mass is 19.1. The third-order valence-corrected chi connectivity index (χ3v) is 6.63. The number of carbonyl (C=O) groups is 2. The van der Waals surface area contributed by atoms with E-state index in [4.69, 9.17) is 5.11 Å². The van der Waals surface area contributed by atoms with E-state index in [-0.39, 0.29) is 30.2 Å². The smallest absolute Gasteiger partial charge is 0.306 e. The molecule has 1 aromatic heterocycles. The summed E-state index contributed by atoms with van der Waals surface area (Å²) < 4.78 is 15.0. The number of aliphatic hydroxyl groups excluding tert-OH is 1. The van der Waals surface area contributed by atoms with Crippen LogP contribution in [0.2, 0.25) is 0 Å². The fraction of sp³-hybridized carbons (Fsp3) is 0.522. The first-order chi connectivity index (χ1) is 14.9.